The van der Waals surface area contributed by atoms with Crippen LogP contribution in [0.25, 0.3) is 0 Å². The lowest BCUT2D eigenvalue weighted by atomic mass is 9.89. The van der Waals surface area contributed by atoms with E-state index in [1.165, 1.54) is 32.4 Å². The standard InChI is InChI=1S/C8H14O2.C6H5FN2O2S/c1-10-8(9)7-5-3-2-4-6-7;7-5-3-4(12-8)1-2-6(5)9(10)11/h7H,2-6H2,1H3;1-3H,8H2. The Labute approximate surface area is 132 Å². The summed E-state index contributed by atoms with van der Waals surface area (Å²) in [4.78, 5) is 20.8. The van der Waals surface area contributed by atoms with Crippen LogP contribution in [0.5, 0.6) is 0 Å². The molecule has 1 aromatic rings. The van der Waals surface area contributed by atoms with Crippen LogP contribution in [0.1, 0.15) is 32.1 Å². The number of ether oxygens (including phenoxy) is 1. The van der Waals surface area contributed by atoms with Crippen LogP contribution in [0, 0.1) is 21.8 Å². The predicted octanol–water partition coefficient (Wildman–Crippen LogP) is 3.44. The molecule has 0 bridgehead atoms. The first kappa shape index (κ1) is 18.4. The van der Waals surface area contributed by atoms with E-state index in [0.29, 0.717) is 4.90 Å². The molecule has 122 valence electrons. The minimum Gasteiger partial charge on any atom is -0.469 e. The maximum absolute atomic E-state index is 12.8. The van der Waals surface area contributed by atoms with E-state index in [1.807, 2.05) is 0 Å². The highest BCUT2D eigenvalue weighted by Crippen LogP contribution is 2.24. The summed E-state index contributed by atoms with van der Waals surface area (Å²) >= 11 is 0.841. The number of hydrogen-bond donors (Lipinski definition) is 1. The fourth-order valence-corrected chi connectivity index (χ4v) is 2.53. The molecular weight excluding hydrogens is 311 g/mol. The van der Waals surface area contributed by atoms with Crippen molar-refractivity contribution in [1.82, 2.24) is 0 Å². The van der Waals surface area contributed by atoms with Crippen LogP contribution in [-0.4, -0.2) is 18.0 Å². The van der Waals surface area contributed by atoms with E-state index < -0.39 is 16.4 Å². The molecule has 0 saturated heterocycles. The first-order chi connectivity index (χ1) is 10.5. The molecule has 0 aromatic heterocycles. The van der Waals surface area contributed by atoms with Crippen molar-refractivity contribution in [3.8, 4) is 0 Å². The van der Waals surface area contributed by atoms with E-state index in [1.54, 1.807) is 0 Å². The summed E-state index contributed by atoms with van der Waals surface area (Å²) in [6.07, 6.45) is 5.74. The van der Waals surface area contributed by atoms with Gasteiger partial charge in [-0.25, -0.2) is 0 Å². The second-order valence-corrected chi connectivity index (χ2v) is 5.55. The van der Waals surface area contributed by atoms with Crippen LogP contribution in [0.3, 0.4) is 0 Å². The number of rotatable bonds is 3. The van der Waals surface area contributed by atoms with Crippen molar-refractivity contribution in [3.05, 3.63) is 34.1 Å². The third kappa shape index (κ3) is 5.61. The fraction of sp³-hybridized carbons (Fsp3) is 0.500. The Morgan fingerprint density at radius 3 is 2.50 bits per heavy atom. The number of nitrogens with zero attached hydrogens (tertiary/aromatic N) is 1. The van der Waals surface area contributed by atoms with Gasteiger partial charge < -0.3 is 4.74 Å². The molecule has 1 fully saturated rings. The van der Waals surface area contributed by atoms with Crippen molar-refractivity contribution < 1.29 is 18.8 Å². The average Bonchev–Trinajstić information content (AvgIpc) is 2.55. The van der Waals surface area contributed by atoms with Gasteiger partial charge in [-0.1, -0.05) is 19.3 Å². The summed E-state index contributed by atoms with van der Waals surface area (Å²) in [5, 5.41) is 15.3. The molecule has 0 heterocycles. The highest BCUT2D eigenvalue weighted by molar-refractivity contribution is 7.97. The maximum atomic E-state index is 12.8. The number of carbonyl (C=O) groups excluding carboxylic acids is 1. The van der Waals surface area contributed by atoms with Crippen LogP contribution in [0.4, 0.5) is 10.1 Å². The summed E-state index contributed by atoms with van der Waals surface area (Å²) in [6.45, 7) is 0. The first-order valence-electron chi connectivity index (χ1n) is 6.88. The molecule has 1 aliphatic rings. The number of esters is 1. The van der Waals surface area contributed by atoms with Crippen molar-refractivity contribution in [2.24, 2.45) is 11.1 Å². The quantitative estimate of drug-likeness (QED) is 0.395. The SMILES string of the molecule is COC(=O)C1CCCCC1.NSc1ccc([N+](=O)[O-])c(F)c1. The predicted molar refractivity (Wildman–Crippen MR) is 81.7 cm³/mol. The van der Waals surface area contributed by atoms with E-state index in [0.717, 1.165) is 36.9 Å². The molecule has 2 N–H and O–H groups in total. The summed E-state index contributed by atoms with van der Waals surface area (Å²) in [5.41, 5.74) is -0.534. The van der Waals surface area contributed by atoms with Crippen LogP contribution >= 0.6 is 11.9 Å². The van der Waals surface area contributed by atoms with E-state index >= 15 is 0 Å². The third-order valence-electron chi connectivity index (χ3n) is 3.39. The first-order valence-corrected chi connectivity index (χ1v) is 7.76. The van der Waals surface area contributed by atoms with Crippen molar-refractivity contribution in [1.29, 1.82) is 0 Å². The second kappa shape index (κ2) is 9.37. The minimum absolute atomic E-state index is 0.0142. The summed E-state index contributed by atoms with van der Waals surface area (Å²) < 4.78 is 17.4. The largest absolute Gasteiger partial charge is 0.469 e. The Morgan fingerprint density at radius 1 is 1.41 bits per heavy atom. The number of methoxy groups -OCH3 is 1. The smallest absolute Gasteiger partial charge is 0.308 e. The maximum Gasteiger partial charge on any atom is 0.308 e. The van der Waals surface area contributed by atoms with E-state index in [9.17, 15) is 19.3 Å². The van der Waals surface area contributed by atoms with Gasteiger partial charge in [-0.05, 0) is 36.9 Å². The number of nitro benzene ring substituents is 1. The average molecular weight is 330 g/mol. The fourth-order valence-electron chi connectivity index (χ4n) is 2.21. The lowest BCUT2D eigenvalue weighted by Crippen LogP contribution is -2.18. The Balaban J connectivity index is 0.000000224. The second-order valence-electron chi connectivity index (χ2n) is 4.85. The molecule has 1 aliphatic carbocycles. The van der Waals surface area contributed by atoms with E-state index in [2.05, 4.69) is 4.74 Å². The molecular formula is C14H19FN2O4S. The molecule has 0 radical (unpaired) electrons. The molecule has 0 aliphatic heterocycles. The van der Waals surface area contributed by atoms with E-state index in [-0.39, 0.29) is 11.9 Å². The van der Waals surface area contributed by atoms with E-state index in [4.69, 9.17) is 5.14 Å². The molecule has 22 heavy (non-hydrogen) atoms. The zero-order valence-corrected chi connectivity index (χ0v) is 13.1. The van der Waals surface area contributed by atoms with Crippen molar-refractivity contribution in [3.63, 3.8) is 0 Å². The third-order valence-corrected chi connectivity index (χ3v) is 3.92. The lowest BCUT2D eigenvalue weighted by molar-refractivity contribution is -0.387. The van der Waals surface area contributed by atoms with Gasteiger partial charge in [0.25, 0.3) is 0 Å². The van der Waals surface area contributed by atoms with Gasteiger partial charge in [-0.15, -0.1) is 0 Å². The number of benzene rings is 1. The molecule has 6 nitrogen and oxygen atoms in total. The van der Waals surface area contributed by atoms with Crippen LogP contribution in [0.15, 0.2) is 23.1 Å². The Morgan fingerprint density at radius 2 is 2.05 bits per heavy atom. The Kier molecular flexibility index (Phi) is 7.83. The normalized spacial score (nSPS) is 14.7. The number of halogens is 1. The van der Waals surface area contributed by atoms with Gasteiger partial charge in [0.1, 0.15) is 0 Å². The van der Waals surface area contributed by atoms with Gasteiger partial charge in [0.2, 0.25) is 5.82 Å². The minimum atomic E-state index is -0.865. The van der Waals surface area contributed by atoms with Gasteiger partial charge in [-0.3, -0.25) is 20.0 Å². The van der Waals surface area contributed by atoms with Gasteiger partial charge in [0.05, 0.1) is 18.0 Å². The highest BCUT2D eigenvalue weighted by Gasteiger charge is 2.20. The Bertz CT molecular complexity index is 522. The van der Waals surface area contributed by atoms with Gasteiger partial charge in [-0.2, -0.15) is 4.39 Å². The monoisotopic (exact) mass is 330 g/mol. The lowest BCUT2D eigenvalue weighted by Gasteiger charge is -2.18. The molecule has 1 saturated carbocycles. The molecule has 2 rings (SSSR count). The van der Waals surface area contributed by atoms with Crippen molar-refractivity contribution in [2.75, 3.05) is 7.11 Å². The zero-order chi connectivity index (χ0) is 16.5. The molecule has 0 unspecified atom stereocenters. The molecule has 0 spiro atoms. The van der Waals surface area contributed by atoms with Crippen molar-refractivity contribution >= 4 is 23.6 Å². The summed E-state index contributed by atoms with van der Waals surface area (Å²) in [7, 11) is 1.47. The van der Waals surface area contributed by atoms with Crippen LogP contribution in [0.2, 0.25) is 0 Å². The highest BCUT2D eigenvalue weighted by atomic mass is 32.2. The molecule has 1 aromatic carbocycles. The van der Waals surface area contributed by atoms with Crippen LogP contribution < -0.4 is 5.14 Å². The number of carbonyl (C=O) groups is 1. The summed E-state index contributed by atoms with van der Waals surface area (Å²) in [5.74, 6) is -0.672. The number of nitro groups is 1. The number of hydrogen-bond acceptors (Lipinski definition) is 6. The van der Waals surface area contributed by atoms with Crippen LogP contribution in [-0.2, 0) is 9.53 Å². The molecule has 8 heteroatoms. The van der Waals surface area contributed by atoms with Gasteiger partial charge in [0.15, 0.2) is 0 Å². The topological polar surface area (TPSA) is 95.5 Å². The molecule has 0 atom stereocenters. The summed E-state index contributed by atoms with van der Waals surface area (Å²) in [6, 6.07) is 3.51. The van der Waals surface area contributed by atoms with Gasteiger partial charge >= 0.3 is 11.7 Å². The molecule has 0 amide bonds. The zero-order valence-electron chi connectivity index (χ0n) is 12.3. The van der Waals surface area contributed by atoms with Crippen molar-refractivity contribution in [2.45, 2.75) is 37.0 Å². The van der Waals surface area contributed by atoms with Gasteiger partial charge in [0, 0.05) is 11.0 Å². The number of nitrogens with two attached hydrogens (primary N) is 1. The Hall–Kier alpha value is -1.67.